The zero-order valence-electron chi connectivity index (χ0n) is 37.2. The van der Waals surface area contributed by atoms with Crippen LogP contribution >= 0.6 is 0 Å². The molecule has 338 valence electrons. The van der Waals surface area contributed by atoms with Crippen LogP contribution < -0.4 is 42.6 Å². The maximum absolute atomic E-state index is 14.6. The summed E-state index contributed by atoms with van der Waals surface area (Å²) >= 11 is 0. The second kappa shape index (κ2) is 21.6. The van der Waals surface area contributed by atoms with Crippen molar-refractivity contribution in [3.05, 3.63) is 94.8 Å². The first-order chi connectivity index (χ1) is 30.5. The molecule has 1 aromatic heterocycles. The number of nitrogens with two attached hydrogens (primary N) is 3. The van der Waals surface area contributed by atoms with E-state index in [-0.39, 0.29) is 56.7 Å². The Labute approximate surface area is 373 Å². The molecule has 0 saturated carbocycles. The highest BCUT2D eigenvalue weighted by Crippen LogP contribution is 2.40. The third-order valence-corrected chi connectivity index (χ3v) is 10.8. The first kappa shape index (κ1) is 48.3. The molecular formula is C47H58N10O7. The van der Waals surface area contributed by atoms with Crippen molar-refractivity contribution in [3.63, 3.8) is 0 Å². The first-order valence-corrected chi connectivity index (χ1v) is 21.2. The summed E-state index contributed by atoms with van der Waals surface area (Å²) in [5.41, 5.74) is 21.9. The highest BCUT2D eigenvalue weighted by Gasteiger charge is 2.36. The van der Waals surface area contributed by atoms with Crippen molar-refractivity contribution in [2.45, 2.75) is 83.5 Å². The predicted molar refractivity (Wildman–Crippen MR) is 241 cm³/mol. The van der Waals surface area contributed by atoms with Crippen LogP contribution in [0.15, 0.2) is 66.9 Å². The summed E-state index contributed by atoms with van der Waals surface area (Å²) in [4.78, 5) is 80.1. The quantitative estimate of drug-likeness (QED) is 0.100. The fraction of sp³-hybridized carbons (Fsp3) is 0.404. The Kier molecular flexibility index (Phi) is 16.3. The van der Waals surface area contributed by atoms with Gasteiger partial charge in [0.1, 0.15) is 42.8 Å². The number of nitrogens with one attached hydrogen (secondary N) is 3. The van der Waals surface area contributed by atoms with E-state index in [0.717, 1.165) is 11.1 Å². The van der Waals surface area contributed by atoms with Gasteiger partial charge in [0.05, 0.1) is 29.8 Å². The van der Waals surface area contributed by atoms with Crippen LogP contribution in [0.1, 0.15) is 79.3 Å². The number of aryl methyl sites for hydroxylation is 1. The predicted octanol–water partition coefficient (Wildman–Crippen LogP) is 2.77. The summed E-state index contributed by atoms with van der Waals surface area (Å²) in [5, 5.41) is 17.6. The number of carbonyl (C=O) groups excluding carboxylic acids is 5. The lowest BCUT2D eigenvalue weighted by molar-refractivity contribution is -0.141. The van der Waals surface area contributed by atoms with Crippen LogP contribution in [0, 0.1) is 18.3 Å². The lowest BCUT2D eigenvalue weighted by Gasteiger charge is -2.32. The zero-order chi connectivity index (χ0) is 46.7. The lowest BCUT2D eigenvalue weighted by Crippen LogP contribution is -2.55. The molecule has 4 bridgehead atoms. The molecule has 0 aliphatic carbocycles. The molecule has 0 unspecified atom stereocenters. The van der Waals surface area contributed by atoms with Gasteiger partial charge in [0, 0.05) is 43.0 Å². The summed E-state index contributed by atoms with van der Waals surface area (Å²) in [6, 6.07) is 15.0. The number of amides is 4. The van der Waals surface area contributed by atoms with E-state index in [2.05, 4.69) is 46.7 Å². The van der Waals surface area contributed by atoms with Crippen molar-refractivity contribution in [3.8, 4) is 40.1 Å². The maximum atomic E-state index is 14.6. The van der Waals surface area contributed by atoms with Gasteiger partial charge in [-0.25, -0.2) is 9.97 Å². The third kappa shape index (κ3) is 11.6. The van der Waals surface area contributed by atoms with E-state index in [1.807, 2.05) is 30.3 Å². The molecule has 4 amide bonds. The van der Waals surface area contributed by atoms with E-state index in [4.69, 9.17) is 26.7 Å². The average molecular weight is 875 g/mol. The van der Waals surface area contributed by atoms with Gasteiger partial charge in [-0.2, -0.15) is 5.26 Å². The van der Waals surface area contributed by atoms with Crippen LogP contribution in [0.3, 0.4) is 0 Å². The highest BCUT2D eigenvalue weighted by molar-refractivity contribution is 6.00. The Morgan fingerprint density at radius 1 is 0.922 bits per heavy atom. The molecule has 1 aliphatic heterocycles. The highest BCUT2D eigenvalue weighted by atomic mass is 16.5. The Bertz CT molecular complexity index is 2390. The number of ketones is 1. The number of carbonyl (C=O) groups is 5. The van der Waals surface area contributed by atoms with E-state index in [1.165, 1.54) is 25.1 Å². The number of nitrogens with zero attached hydrogens (tertiary/aromatic N) is 4. The molecule has 0 radical (unpaired) electrons. The molecule has 0 spiro atoms. The van der Waals surface area contributed by atoms with Gasteiger partial charge >= 0.3 is 0 Å². The molecular weight excluding hydrogens is 817 g/mol. The van der Waals surface area contributed by atoms with Crippen molar-refractivity contribution in [1.29, 1.82) is 5.26 Å². The van der Waals surface area contributed by atoms with Gasteiger partial charge in [0.15, 0.2) is 11.6 Å². The molecule has 4 atom stereocenters. The fourth-order valence-corrected chi connectivity index (χ4v) is 7.30. The molecule has 9 N–H and O–H groups in total. The molecule has 3 aromatic carbocycles. The Morgan fingerprint density at radius 2 is 1.56 bits per heavy atom. The van der Waals surface area contributed by atoms with Crippen LogP contribution in [-0.4, -0.2) is 102 Å². The standard InChI is InChI=1S/C47H58N10O7/c1-27-35(26-52-42(53-27)30-8-11-32(12-9-30)47(3,4)5)44(60)55-36(15-17-48)46(62)57(6)41-31-10-14-40(64-22-20-51)34(25-31)33-23-29(7-13-39(33)63-21-19-50)24-37(38(58)16-18-49)56-43(59)28(2)54-45(41)61/h7-14,23,25-26,28,36-37,41H,15-17,19-22,24,48,50-51H2,1-6H3,(H,54,61)(H,55,60)(H,56,59)/t28-,36-,37-,41-/m0/s1. The van der Waals surface area contributed by atoms with Crippen molar-refractivity contribution >= 4 is 29.4 Å². The van der Waals surface area contributed by atoms with Crippen LogP contribution in [-0.2, 0) is 31.0 Å². The molecule has 5 rings (SSSR count). The second-order valence-electron chi connectivity index (χ2n) is 16.6. The third-order valence-electron chi connectivity index (χ3n) is 10.8. The van der Waals surface area contributed by atoms with E-state index >= 15 is 0 Å². The first-order valence-electron chi connectivity index (χ1n) is 21.2. The van der Waals surface area contributed by atoms with E-state index in [1.54, 1.807) is 43.3 Å². The van der Waals surface area contributed by atoms with Gasteiger partial charge in [-0.05, 0) is 79.6 Å². The monoisotopic (exact) mass is 874 g/mol. The number of likely N-dealkylation sites (N-methyl/N-ethyl adjacent to an activating group) is 1. The number of aromatic nitrogens is 2. The van der Waals surface area contributed by atoms with E-state index in [9.17, 15) is 29.2 Å². The largest absolute Gasteiger partial charge is 0.492 e. The number of hydrogen-bond donors (Lipinski definition) is 6. The Balaban J connectivity index is 1.56. The molecule has 17 nitrogen and oxygen atoms in total. The van der Waals surface area contributed by atoms with Crippen molar-refractivity contribution in [2.75, 3.05) is 39.9 Å². The number of rotatable bonds is 15. The van der Waals surface area contributed by atoms with Gasteiger partial charge in [-0.3, -0.25) is 24.0 Å². The van der Waals surface area contributed by atoms with Crippen molar-refractivity contribution in [2.24, 2.45) is 17.2 Å². The molecule has 64 heavy (non-hydrogen) atoms. The number of nitriles is 1. The number of Topliss-reactive ketones (excluding diaryl/α,β-unsaturated/α-hetero) is 1. The van der Waals surface area contributed by atoms with Gasteiger partial charge in [0.2, 0.25) is 17.7 Å². The topological polar surface area (TPSA) is 271 Å². The average Bonchev–Trinajstić information content (AvgIpc) is 3.26. The van der Waals surface area contributed by atoms with Crippen LogP contribution in [0.4, 0.5) is 0 Å². The zero-order valence-corrected chi connectivity index (χ0v) is 37.2. The van der Waals surface area contributed by atoms with Gasteiger partial charge < -0.3 is 47.5 Å². The van der Waals surface area contributed by atoms with Gasteiger partial charge in [-0.15, -0.1) is 0 Å². The summed E-state index contributed by atoms with van der Waals surface area (Å²) in [7, 11) is 1.41. The van der Waals surface area contributed by atoms with Crippen molar-refractivity contribution in [1.82, 2.24) is 30.8 Å². The minimum absolute atomic E-state index is 0.00249. The molecule has 4 aromatic rings. The summed E-state index contributed by atoms with van der Waals surface area (Å²) in [6.45, 7) is 10.2. The SMILES string of the molecule is Cc1nc(-c2ccc(C(C)(C)C)cc2)ncc1C(=O)N[C@@H](CCN)C(=O)N(C)[C@@H]1C(=O)N[C@@H](C)C(=O)N[C@H](C(=O)CC#N)Cc2ccc(OCCN)c(c2)-c2cc1ccc2OCCN. The smallest absolute Gasteiger partial charge is 0.255 e. The maximum Gasteiger partial charge on any atom is 0.255 e. The molecule has 0 fully saturated rings. The Hall–Kier alpha value is -6.74. The summed E-state index contributed by atoms with van der Waals surface area (Å²) in [6.07, 6.45) is 0.967. The fourth-order valence-electron chi connectivity index (χ4n) is 7.30. The normalized spacial score (nSPS) is 16.8. The number of benzene rings is 3. The van der Waals surface area contributed by atoms with E-state index < -0.39 is 60.0 Å². The summed E-state index contributed by atoms with van der Waals surface area (Å²) in [5.74, 6) is -2.05. The number of ether oxygens (including phenoxy) is 2. The minimum Gasteiger partial charge on any atom is -0.492 e. The van der Waals surface area contributed by atoms with Crippen molar-refractivity contribution < 1.29 is 33.4 Å². The Morgan fingerprint density at radius 3 is 2.16 bits per heavy atom. The molecule has 1 aliphatic rings. The molecule has 17 heteroatoms. The van der Waals surface area contributed by atoms with Gasteiger partial charge in [-0.1, -0.05) is 57.2 Å². The van der Waals surface area contributed by atoms with Crippen LogP contribution in [0.2, 0.25) is 0 Å². The van der Waals surface area contributed by atoms with Crippen LogP contribution in [0.25, 0.3) is 22.5 Å². The summed E-state index contributed by atoms with van der Waals surface area (Å²) < 4.78 is 12.2. The number of fused-ring (bicyclic) bond motifs is 5. The molecule has 2 heterocycles. The minimum atomic E-state index is -1.40. The van der Waals surface area contributed by atoms with Gasteiger partial charge in [0.25, 0.3) is 5.91 Å². The van der Waals surface area contributed by atoms with Crippen LogP contribution in [0.5, 0.6) is 11.5 Å². The molecule has 0 saturated heterocycles. The number of hydrogen-bond acceptors (Lipinski definition) is 13. The lowest BCUT2D eigenvalue weighted by atomic mass is 9.87. The second-order valence-corrected chi connectivity index (χ2v) is 16.6. The van der Waals surface area contributed by atoms with E-state index in [0.29, 0.717) is 45.3 Å².